The molecule has 0 saturated carbocycles. The molecule has 2 N–H and O–H groups in total. The molecule has 0 aromatic carbocycles. The van der Waals surface area contributed by atoms with E-state index in [0.29, 0.717) is 12.1 Å². The van der Waals surface area contributed by atoms with E-state index in [4.69, 9.17) is 5.11 Å². The molecular formula is C11H18N4O4. The van der Waals surface area contributed by atoms with Gasteiger partial charge in [-0.25, -0.2) is 9.48 Å². The summed E-state index contributed by atoms with van der Waals surface area (Å²) in [6.07, 6.45) is 0.314. The first kappa shape index (κ1) is 14.9. The third-order valence-electron chi connectivity index (χ3n) is 2.80. The molecule has 0 saturated heterocycles. The van der Waals surface area contributed by atoms with E-state index < -0.39 is 16.9 Å². The van der Waals surface area contributed by atoms with Crippen molar-refractivity contribution in [2.24, 2.45) is 7.05 Å². The maximum atomic E-state index is 11.2. The summed E-state index contributed by atoms with van der Waals surface area (Å²) in [7, 11) is 1.55. The molecule has 1 rings (SSSR count). The fourth-order valence-electron chi connectivity index (χ4n) is 1.77. The number of nitro groups is 1. The lowest BCUT2D eigenvalue weighted by Crippen LogP contribution is -2.29. The van der Waals surface area contributed by atoms with Crippen LogP contribution < -0.4 is 5.32 Å². The number of nitrogens with zero attached hydrogens (tertiary/aromatic N) is 3. The Bertz CT molecular complexity index is 495. The lowest BCUT2D eigenvalue weighted by molar-refractivity contribution is -0.384. The topological polar surface area (TPSA) is 110 Å². The van der Waals surface area contributed by atoms with Crippen LogP contribution in [0, 0.1) is 10.1 Å². The number of hydrogen-bond donors (Lipinski definition) is 2. The molecule has 0 aliphatic heterocycles. The highest BCUT2D eigenvalue weighted by molar-refractivity contribution is 5.78. The van der Waals surface area contributed by atoms with E-state index in [1.54, 1.807) is 27.8 Å². The molecule has 1 aromatic rings. The average molecular weight is 270 g/mol. The van der Waals surface area contributed by atoms with Gasteiger partial charge in [-0.2, -0.15) is 5.10 Å². The number of hydrogen-bond acceptors (Lipinski definition) is 5. The average Bonchev–Trinajstić information content (AvgIpc) is 2.63. The van der Waals surface area contributed by atoms with Crippen molar-refractivity contribution in [1.82, 2.24) is 9.78 Å². The fourth-order valence-corrected chi connectivity index (χ4v) is 1.77. The van der Waals surface area contributed by atoms with Crippen LogP contribution in [0.1, 0.15) is 38.8 Å². The summed E-state index contributed by atoms with van der Waals surface area (Å²) in [6, 6.07) is -0.880. The van der Waals surface area contributed by atoms with E-state index in [-0.39, 0.29) is 17.4 Å². The summed E-state index contributed by atoms with van der Waals surface area (Å²) in [5.74, 6) is -1.04. The highest BCUT2D eigenvalue weighted by atomic mass is 16.6. The van der Waals surface area contributed by atoms with E-state index >= 15 is 0 Å². The van der Waals surface area contributed by atoms with Crippen molar-refractivity contribution >= 4 is 17.5 Å². The molecule has 0 aliphatic rings. The molecule has 106 valence electrons. The highest BCUT2D eigenvalue weighted by Gasteiger charge is 2.30. The second kappa shape index (κ2) is 5.68. The SMILES string of the molecule is CCC(Nc1c([N+](=O)[O-])c(C(C)C)nn1C)C(=O)O. The maximum Gasteiger partial charge on any atom is 0.334 e. The summed E-state index contributed by atoms with van der Waals surface area (Å²) in [6.45, 7) is 5.29. The first-order valence-corrected chi connectivity index (χ1v) is 6.00. The van der Waals surface area contributed by atoms with Crippen molar-refractivity contribution in [3.63, 3.8) is 0 Å². The normalized spacial score (nSPS) is 12.5. The van der Waals surface area contributed by atoms with Crippen molar-refractivity contribution in [2.75, 3.05) is 5.32 Å². The Balaban J connectivity index is 3.26. The summed E-state index contributed by atoms with van der Waals surface area (Å²) in [5, 5.41) is 27.0. The zero-order valence-corrected chi connectivity index (χ0v) is 11.4. The summed E-state index contributed by atoms with van der Waals surface area (Å²) >= 11 is 0. The van der Waals surface area contributed by atoms with E-state index in [1.807, 2.05) is 0 Å². The smallest absolute Gasteiger partial charge is 0.334 e. The monoisotopic (exact) mass is 270 g/mol. The van der Waals surface area contributed by atoms with Crippen molar-refractivity contribution in [2.45, 2.75) is 39.2 Å². The Kier molecular flexibility index (Phi) is 4.47. The predicted molar refractivity (Wildman–Crippen MR) is 69.3 cm³/mol. The summed E-state index contributed by atoms with van der Waals surface area (Å²) in [5.41, 5.74) is 0.187. The molecule has 1 unspecified atom stereocenters. The largest absolute Gasteiger partial charge is 0.480 e. The molecule has 1 heterocycles. The molecule has 8 nitrogen and oxygen atoms in total. The van der Waals surface area contributed by atoms with Crippen LogP contribution in [0.2, 0.25) is 0 Å². The maximum absolute atomic E-state index is 11.2. The predicted octanol–water partition coefficient (Wildman–Crippen LogP) is 1.73. The highest BCUT2D eigenvalue weighted by Crippen LogP contribution is 2.33. The van der Waals surface area contributed by atoms with Crippen LogP contribution in [0.5, 0.6) is 0 Å². The number of carboxylic acids is 1. The summed E-state index contributed by atoms with van der Waals surface area (Å²) in [4.78, 5) is 21.6. The molecule has 0 bridgehead atoms. The van der Waals surface area contributed by atoms with E-state index in [9.17, 15) is 14.9 Å². The van der Waals surface area contributed by atoms with E-state index in [2.05, 4.69) is 10.4 Å². The molecule has 0 radical (unpaired) electrons. The second-order valence-corrected chi connectivity index (χ2v) is 4.56. The van der Waals surface area contributed by atoms with Gasteiger partial charge >= 0.3 is 11.7 Å². The van der Waals surface area contributed by atoms with Crippen molar-refractivity contribution in [1.29, 1.82) is 0 Å². The van der Waals surface area contributed by atoms with Gasteiger partial charge in [-0.05, 0) is 6.42 Å². The number of nitrogens with one attached hydrogen (secondary N) is 1. The molecule has 0 spiro atoms. The lowest BCUT2D eigenvalue weighted by Gasteiger charge is -2.12. The minimum Gasteiger partial charge on any atom is -0.480 e. The van der Waals surface area contributed by atoms with Gasteiger partial charge < -0.3 is 10.4 Å². The molecular weight excluding hydrogens is 252 g/mol. The molecule has 0 aliphatic carbocycles. The molecule has 0 fully saturated rings. The van der Waals surface area contributed by atoms with Crippen LogP contribution in [0.4, 0.5) is 11.5 Å². The van der Waals surface area contributed by atoms with Crippen LogP contribution in [0.25, 0.3) is 0 Å². The standard InChI is InChI=1S/C11H18N4O4/c1-5-7(11(16)17)12-10-9(15(18)19)8(6(2)3)13-14(10)4/h6-7,12H,5H2,1-4H3,(H,16,17). The molecule has 0 amide bonds. The minimum absolute atomic E-state index is 0.118. The number of aliphatic carboxylic acids is 1. The van der Waals surface area contributed by atoms with Crippen LogP contribution in [0.15, 0.2) is 0 Å². The van der Waals surface area contributed by atoms with E-state index in [1.165, 1.54) is 4.68 Å². The number of anilines is 1. The minimum atomic E-state index is -1.05. The van der Waals surface area contributed by atoms with Gasteiger partial charge in [0.05, 0.1) is 4.92 Å². The first-order chi connectivity index (χ1) is 8.79. The van der Waals surface area contributed by atoms with Gasteiger partial charge in [0.15, 0.2) is 0 Å². The fraction of sp³-hybridized carbons (Fsp3) is 0.636. The van der Waals surface area contributed by atoms with E-state index in [0.717, 1.165) is 0 Å². The van der Waals surface area contributed by atoms with Crippen molar-refractivity contribution in [3.05, 3.63) is 15.8 Å². The van der Waals surface area contributed by atoms with Gasteiger partial charge in [-0.3, -0.25) is 10.1 Å². The Hall–Kier alpha value is -2.12. The summed E-state index contributed by atoms with van der Waals surface area (Å²) < 4.78 is 1.32. The van der Waals surface area contributed by atoms with Gasteiger partial charge in [0.25, 0.3) is 0 Å². The Labute approximate surface area is 110 Å². The van der Waals surface area contributed by atoms with Crippen LogP contribution in [0.3, 0.4) is 0 Å². The van der Waals surface area contributed by atoms with Gasteiger partial charge in [0.2, 0.25) is 5.82 Å². The van der Waals surface area contributed by atoms with Crippen LogP contribution >= 0.6 is 0 Å². The first-order valence-electron chi connectivity index (χ1n) is 6.00. The molecule has 8 heteroatoms. The van der Waals surface area contributed by atoms with Crippen molar-refractivity contribution < 1.29 is 14.8 Å². The Morgan fingerprint density at radius 3 is 2.53 bits per heavy atom. The Morgan fingerprint density at radius 1 is 1.58 bits per heavy atom. The molecule has 19 heavy (non-hydrogen) atoms. The number of rotatable bonds is 6. The third-order valence-corrected chi connectivity index (χ3v) is 2.80. The van der Waals surface area contributed by atoms with Crippen LogP contribution in [-0.2, 0) is 11.8 Å². The molecule has 1 aromatic heterocycles. The number of aryl methyl sites for hydroxylation is 1. The van der Waals surface area contributed by atoms with Gasteiger partial charge in [-0.15, -0.1) is 0 Å². The number of aromatic nitrogens is 2. The van der Waals surface area contributed by atoms with Gasteiger partial charge in [0.1, 0.15) is 11.7 Å². The third kappa shape index (κ3) is 3.01. The zero-order chi connectivity index (χ0) is 14.7. The Morgan fingerprint density at radius 2 is 2.16 bits per heavy atom. The second-order valence-electron chi connectivity index (χ2n) is 4.56. The zero-order valence-electron chi connectivity index (χ0n) is 11.4. The van der Waals surface area contributed by atoms with Crippen LogP contribution in [-0.4, -0.2) is 31.8 Å². The van der Waals surface area contributed by atoms with Gasteiger partial charge in [0, 0.05) is 13.0 Å². The quantitative estimate of drug-likeness (QED) is 0.601. The van der Waals surface area contributed by atoms with Crippen molar-refractivity contribution in [3.8, 4) is 0 Å². The number of carboxylic acid groups (broad SMARTS) is 1. The molecule has 1 atom stereocenters. The van der Waals surface area contributed by atoms with Gasteiger partial charge in [-0.1, -0.05) is 20.8 Å². The lowest BCUT2D eigenvalue weighted by atomic mass is 10.1. The number of carbonyl (C=O) groups is 1.